The van der Waals surface area contributed by atoms with Crippen LogP contribution in [0.4, 0.5) is 0 Å². The predicted octanol–water partition coefficient (Wildman–Crippen LogP) is 0.719. The number of hydrogen-bond acceptors (Lipinski definition) is 5. The highest BCUT2D eigenvalue weighted by Crippen LogP contribution is 2.33. The van der Waals surface area contributed by atoms with Gasteiger partial charge in [0, 0.05) is 13.1 Å². The van der Waals surface area contributed by atoms with E-state index in [-0.39, 0.29) is 5.97 Å². The van der Waals surface area contributed by atoms with Crippen LogP contribution >= 0.6 is 0 Å². The molecule has 7 heteroatoms. The van der Waals surface area contributed by atoms with Gasteiger partial charge in [-0.05, 0) is 38.1 Å². The SMILES string of the molecule is COC(=O)C1CCCCC1S(=O)(=O)N1CCC(CN)CC1. The first-order valence-electron chi connectivity index (χ1n) is 7.77. The quantitative estimate of drug-likeness (QED) is 0.771. The number of carbonyl (C=O) groups excluding carboxylic acids is 1. The predicted molar refractivity (Wildman–Crippen MR) is 80.0 cm³/mol. The lowest BCUT2D eigenvalue weighted by Gasteiger charge is -2.36. The molecule has 21 heavy (non-hydrogen) atoms. The van der Waals surface area contributed by atoms with Crippen molar-refractivity contribution in [3.05, 3.63) is 0 Å². The molecule has 0 amide bonds. The van der Waals surface area contributed by atoms with E-state index in [2.05, 4.69) is 0 Å². The molecule has 0 aromatic heterocycles. The van der Waals surface area contributed by atoms with Crippen LogP contribution in [0.15, 0.2) is 0 Å². The molecule has 6 nitrogen and oxygen atoms in total. The number of nitrogens with two attached hydrogens (primary N) is 1. The van der Waals surface area contributed by atoms with Gasteiger partial charge in [0.2, 0.25) is 10.0 Å². The molecule has 1 saturated carbocycles. The van der Waals surface area contributed by atoms with Crippen LogP contribution in [0, 0.1) is 11.8 Å². The normalized spacial score (nSPS) is 29.2. The third-order valence-corrected chi connectivity index (χ3v) is 7.27. The number of esters is 1. The summed E-state index contributed by atoms with van der Waals surface area (Å²) in [5.74, 6) is -0.486. The van der Waals surface area contributed by atoms with Crippen molar-refractivity contribution in [1.82, 2.24) is 4.31 Å². The molecule has 1 heterocycles. The maximum atomic E-state index is 12.9. The molecular weight excluding hydrogens is 292 g/mol. The zero-order valence-electron chi connectivity index (χ0n) is 12.7. The molecule has 0 spiro atoms. The number of nitrogens with zero attached hydrogens (tertiary/aromatic N) is 1. The standard InChI is InChI=1S/C14H26N2O4S/c1-20-14(17)12-4-2-3-5-13(12)21(18,19)16-8-6-11(10-15)7-9-16/h11-13H,2-10,15H2,1H3. The summed E-state index contributed by atoms with van der Waals surface area (Å²) in [7, 11) is -2.10. The van der Waals surface area contributed by atoms with E-state index in [1.807, 2.05) is 0 Å². The van der Waals surface area contributed by atoms with E-state index in [9.17, 15) is 13.2 Å². The summed E-state index contributed by atoms with van der Waals surface area (Å²) in [6, 6.07) is 0. The second kappa shape index (κ2) is 7.07. The largest absolute Gasteiger partial charge is 0.469 e. The van der Waals surface area contributed by atoms with Gasteiger partial charge in [-0.15, -0.1) is 0 Å². The first kappa shape index (κ1) is 16.7. The van der Waals surface area contributed by atoms with Crippen LogP contribution in [-0.4, -0.2) is 50.7 Å². The van der Waals surface area contributed by atoms with E-state index in [0.29, 0.717) is 38.4 Å². The molecule has 0 aromatic rings. The summed E-state index contributed by atoms with van der Waals surface area (Å²) in [5.41, 5.74) is 5.65. The van der Waals surface area contributed by atoms with Crippen molar-refractivity contribution in [1.29, 1.82) is 0 Å². The summed E-state index contributed by atoms with van der Waals surface area (Å²) in [4.78, 5) is 11.9. The highest BCUT2D eigenvalue weighted by Gasteiger charge is 2.43. The number of piperidine rings is 1. The fourth-order valence-electron chi connectivity index (χ4n) is 3.47. The number of sulfonamides is 1. The first-order chi connectivity index (χ1) is 10.0. The van der Waals surface area contributed by atoms with E-state index >= 15 is 0 Å². The third-order valence-electron chi connectivity index (χ3n) is 4.86. The van der Waals surface area contributed by atoms with Crippen LogP contribution in [0.3, 0.4) is 0 Å². The summed E-state index contributed by atoms with van der Waals surface area (Å²) in [6.45, 7) is 1.66. The van der Waals surface area contributed by atoms with Crippen LogP contribution in [0.2, 0.25) is 0 Å². The number of rotatable bonds is 4. The number of methoxy groups -OCH3 is 1. The minimum Gasteiger partial charge on any atom is -0.469 e. The van der Waals surface area contributed by atoms with E-state index in [0.717, 1.165) is 25.7 Å². The van der Waals surface area contributed by atoms with Crippen molar-refractivity contribution in [2.45, 2.75) is 43.8 Å². The second-order valence-corrected chi connectivity index (χ2v) is 8.23. The summed E-state index contributed by atoms with van der Waals surface area (Å²) in [6.07, 6.45) is 4.53. The molecule has 2 rings (SSSR count). The van der Waals surface area contributed by atoms with E-state index in [1.165, 1.54) is 7.11 Å². The van der Waals surface area contributed by atoms with Gasteiger partial charge in [0.05, 0.1) is 18.3 Å². The molecular formula is C14H26N2O4S. The van der Waals surface area contributed by atoms with Crippen LogP contribution < -0.4 is 5.73 Å². The van der Waals surface area contributed by atoms with Crippen molar-refractivity contribution < 1.29 is 17.9 Å². The Hall–Kier alpha value is -0.660. The third kappa shape index (κ3) is 3.57. The van der Waals surface area contributed by atoms with Crippen LogP contribution in [0.25, 0.3) is 0 Å². The van der Waals surface area contributed by atoms with E-state index in [1.54, 1.807) is 4.31 Å². The molecule has 2 aliphatic rings. The number of hydrogen-bond donors (Lipinski definition) is 1. The minimum atomic E-state index is -3.43. The minimum absolute atomic E-state index is 0.389. The Labute approximate surface area is 127 Å². The molecule has 2 atom stereocenters. The van der Waals surface area contributed by atoms with Crippen molar-refractivity contribution in [2.75, 3.05) is 26.7 Å². The van der Waals surface area contributed by atoms with Gasteiger partial charge in [0.25, 0.3) is 0 Å². The Bertz CT molecular complexity index is 458. The van der Waals surface area contributed by atoms with Gasteiger partial charge in [-0.3, -0.25) is 4.79 Å². The lowest BCUT2D eigenvalue weighted by molar-refractivity contribution is -0.146. The maximum Gasteiger partial charge on any atom is 0.310 e. The molecule has 1 aliphatic carbocycles. The van der Waals surface area contributed by atoms with Crippen molar-refractivity contribution in [3.63, 3.8) is 0 Å². The van der Waals surface area contributed by atoms with Gasteiger partial charge in [-0.1, -0.05) is 12.8 Å². The molecule has 0 aromatic carbocycles. The van der Waals surface area contributed by atoms with Crippen molar-refractivity contribution >= 4 is 16.0 Å². The van der Waals surface area contributed by atoms with Crippen molar-refractivity contribution in [3.8, 4) is 0 Å². The number of ether oxygens (including phenoxy) is 1. The molecule has 2 fully saturated rings. The summed E-state index contributed by atoms with van der Waals surface area (Å²) >= 11 is 0. The monoisotopic (exact) mass is 318 g/mol. The van der Waals surface area contributed by atoms with Gasteiger partial charge in [-0.2, -0.15) is 0 Å². The zero-order chi connectivity index (χ0) is 15.5. The molecule has 1 saturated heterocycles. The number of carbonyl (C=O) groups is 1. The van der Waals surface area contributed by atoms with Crippen LogP contribution in [-0.2, 0) is 19.6 Å². The molecule has 2 N–H and O–H groups in total. The highest BCUT2D eigenvalue weighted by molar-refractivity contribution is 7.89. The Kier molecular flexibility index (Phi) is 5.62. The van der Waals surface area contributed by atoms with Crippen LogP contribution in [0.5, 0.6) is 0 Å². The lowest BCUT2D eigenvalue weighted by atomic mass is 9.89. The molecule has 0 radical (unpaired) electrons. The molecule has 1 aliphatic heterocycles. The van der Waals surface area contributed by atoms with Crippen LogP contribution in [0.1, 0.15) is 38.5 Å². The Morgan fingerprint density at radius 1 is 1.19 bits per heavy atom. The highest BCUT2D eigenvalue weighted by atomic mass is 32.2. The first-order valence-corrected chi connectivity index (χ1v) is 9.28. The van der Waals surface area contributed by atoms with Gasteiger partial charge >= 0.3 is 5.97 Å². The Morgan fingerprint density at radius 2 is 1.81 bits per heavy atom. The zero-order valence-corrected chi connectivity index (χ0v) is 13.5. The lowest BCUT2D eigenvalue weighted by Crippen LogP contribution is -2.49. The average molecular weight is 318 g/mol. The van der Waals surface area contributed by atoms with Gasteiger partial charge in [-0.25, -0.2) is 12.7 Å². The smallest absolute Gasteiger partial charge is 0.310 e. The maximum absolute atomic E-state index is 12.9. The second-order valence-electron chi connectivity index (χ2n) is 6.08. The van der Waals surface area contributed by atoms with Gasteiger partial charge in [0.15, 0.2) is 0 Å². The molecule has 0 bridgehead atoms. The van der Waals surface area contributed by atoms with Crippen molar-refractivity contribution in [2.24, 2.45) is 17.6 Å². The van der Waals surface area contributed by atoms with E-state index in [4.69, 9.17) is 10.5 Å². The molecule has 2 unspecified atom stereocenters. The summed E-state index contributed by atoms with van der Waals surface area (Å²) in [5, 5.41) is -0.617. The van der Waals surface area contributed by atoms with E-state index < -0.39 is 21.2 Å². The van der Waals surface area contributed by atoms with Gasteiger partial charge in [0.1, 0.15) is 0 Å². The topological polar surface area (TPSA) is 89.7 Å². The average Bonchev–Trinajstić information content (AvgIpc) is 2.54. The fraction of sp³-hybridized carbons (Fsp3) is 0.929. The van der Waals surface area contributed by atoms with Gasteiger partial charge < -0.3 is 10.5 Å². The fourth-order valence-corrected chi connectivity index (χ4v) is 5.69. The Morgan fingerprint density at radius 3 is 2.38 bits per heavy atom. The summed E-state index contributed by atoms with van der Waals surface area (Å²) < 4.78 is 32.1. The Balaban J connectivity index is 2.11. The molecule has 122 valence electrons.